The minimum Gasteiger partial charge on any atom is -0.399 e. The molecule has 120 valence electrons. The molecule has 1 fully saturated rings. The van der Waals surface area contributed by atoms with Gasteiger partial charge in [0.05, 0.1) is 17.6 Å². The molecule has 0 spiro atoms. The molecule has 1 aromatic rings. The maximum Gasteiger partial charge on any atom is 0.494 e. The van der Waals surface area contributed by atoms with E-state index < -0.39 is 24.1 Å². The Bertz CT molecular complexity index is 571. The highest BCUT2D eigenvalue weighted by Crippen LogP contribution is 2.36. The molecule has 1 heterocycles. The van der Waals surface area contributed by atoms with Crippen molar-refractivity contribution in [3.8, 4) is 0 Å². The van der Waals surface area contributed by atoms with Gasteiger partial charge in [-0.2, -0.15) is 0 Å². The van der Waals surface area contributed by atoms with Gasteiger partial charge in [-0.15, -0.1) is 0 Å². The van der Waals surface area contributed by atoms with E-state index in [9.17, 15) is 9.18 Å². The van der Waals surface area contributed by atoms with Crippen molar-refractivity contribution in [2.75, 3.05) is 14.1 Å². The Balaban J connectivity index is 2.19. The number of halogens is 1. The summed E-state index contributed by atoms with van der Waals surface area (Å²) in [5.74, 6) is -0.551. The average molecular weight is 307 g/mol. The Morgan fingerprint density at radius 1 is 1.18 bits per heavy atom. The van der Waals surface area contributed by atoms with Gasteiger partial charge in [-0.25, -0.2) is 4.39 Å². The molecule has 1 amide bonds. The van der Waals surface area contributed by atoms with Crippen molar-refractivity contribution < 1.29 is 18.5 Å². The van der Waals surface area contributed by atoms with Crippen molar-refractivity contribution in [1.29, 1.82) is 0 Å². The van der Waals surface area contributed by atoms with Gasteiger partial charge in [-0.1, -0.05) is 12.1 Å². The van der Waals surface area contributed by atoms with Crippen LogP contribution in [0, 0.1) is 5.82 Å². The fraction of sp³-hybridized carbons (Fsp3) is 0.562. The van der Waals surface area contributed by atoms with Crippen molar-refractivity contribution in [2.24, 2.45) is 0 Å². The first-order valence-electron chi connectivity index (χ1n) is 7.37. The Labute approximate surface area is 131 Å². The molecule has 0 aromatic heterocycles. The second-order valence-corrected chi connectivity index (χ2v) is 6.90. The predicted molar refractivity (Wildman–Crippen MR) is 84.5 cm³/mol. The summed E-state index contributed by atoms with van der Waals surface area (Å²) in [4.78, 5) is 13.1. The molecule has 0 unspecified atom stereocenters. The van der Waals surface area contributed by atoms with Crippen LogP contribution in [0.25, 0.3) is 0 Å². The number of hydrogen-bond acceptors (Lipinski definition) is 3. The monoisotopic (exact) mass is 307 g/mol. The van der Waals surface area contributed by atoms with Gasteiger partial charge in [-0.05, 0) is 44.8 Å². The molecule has 1 aromatic carbocycles. The Morgan fingerprint density at radius 3 is 2.18 bits per heavy atom. The van der Waals surface area contributed by atoms with Gasteiger partial charge in [0, 0.05) is 14.1 Å². The van der Waals surface area contributed by atoms with Gasteiger partial charge in [0.2, 0.25) is 5.91 Å². The number of benzene rings is 1. The lowest BCUT2D eigenvalue weighted by Crippen LogP contribution is -2.41. The molecule has 0 bridgehead atoms. The number of amides is 1. The lowest BCUT2D eigenvalue weighted by atomic mass is 9.78. The maximum absolute atomic E-state index is 14.2. The van der Waals surface area contributed by atoms with Gasteiger partial charge in [0.1, 0.15) is 5.82 Å². The second kappa shape index (κ2) is 5.67. The van der Waals surface area contributed by atoms with Crippen molar-refractivity contribution in [2.45, 2.75) is 45.3 Å². The third-order valence-electron chi connectivity index (χ3n) is 4.44. The zero-order valence-corrected chi connectivity index (χ0v) is 14.1. The standard InChI is InChI=1S/C16H23BFNO3/c1-15(2)16(3,4)22-17(21-15)12-8-7-11(13(18)10-12)9-14(20)19(5)6/h7-8,10H,9H2,1-6H3. The van der Waals surface area contributed by atoms with Crippen LogP contribution >= 0.6 is 0 Å². The number of likely N-dealkylation sites (N-methyl/N-ethyl adjacent to an activating group) is 1. The molecule has 0 N–H and O–H groups in total. The van der Waals surface area contributed by atoms with Crippen LogP contribution in [0.4, 0.5) is 4.39 Å². The normalized spacial score (nSPS) is 19.3. The first-order valence-corrected chi connectivity index (χ1v) is 7.37. The third kappa shape index (κ3) is 3.18. The van der Waals surface area contributed by atoms with Gasteiger partial charge in [-0.3, -0.25) is 4.79 Å². The predicted octanol–water partition coefficient (Wildman–Crippen LogP) is 1.76. The molecule has 0 radical (unpaired) electrons. The summed E-state index contributed by atoms with van der Waals surface area (Å²) in [6.45, 7) is 7.81. The largest absolute Gasteiger partial charge is 0.494 e. The summed E-state index contributed by atoms with van der Waals surface area (Å²) in [7, 11) is 2.70. The topological polar surface area (TPSA) is 38.8 Å². The minimum atomic E-state index is -0.599. The van der Waals surface area contributed by atoms with E-state index in [1.165, 1.54) is 11.0 Å². The van der Waals surface area contributed by atoms with E-state index in [0.717, 1.165) is 0 Å². The highest BCUT2D eigenvalue weighted by molar-refractivity contribution is 6.62. The molecule has 0 saturated carbocycles. The van der Waals surface area contributed by atoms with Crippen molar-refractivity contribution in [3.05, 3.63) is 29.6 Å². The number of carbonyl (C=O) groups excluding carboxylic acids is 1. The molecule has 22 heavy (non-hydrogen) atoms. The van der Waals surface area contributed by atoms with E-state index in [-0.39, 0.29) is 12.3 Å². The molecule has 2 rings (SSSR count). The van der Waals surface area contributed by atoms with Crippen LogP contribution < -0.4 is 5.46 Å². The van der Waals surface area contributed by atoms with E-state index in [0.29, 0.717) is 11.0 Å². The number of hydrogen-bond donors (Lipinski definition) is 0. The first-order chi connectivity index (χ1) is 10.0. The Morgan fingerprint density at radius 2 is 1.73 bits per heavy atom. The van der Waals surface area contributed by atoms with Crippen LogP contribution in [0.5, 0.6) is 0 Å². The summed E-state index contributed by atoms with van der Waals surface area (Å²) in [5, 5.41) is 0. The number of carbonyl (C=O) groups is 1. The second-order valence-electron chi connectivity index (χ2n) is 6.90. The highest BCUT2D eigenvalue weighted by atomic mass is 19.1. The van der Waals surface area contributed by atoms with E-state index in [1.807, 2.05) is 27.7 Å². The summed E-state index contributed by atoms with van der Waals surface area (Å²) in [6, 6.07) is 4.76. The molecular formula is C16H23BFNO3. The van der Waals surface area contributed by atoms with Crippen LogP contribution in [-0.2, 0) is 20.5 Å². The first kappa shape index (κ1) is 17.0. The van der Waals surface area contributed by atoms with E-state index in [1.54, 1.807) is 26.2 Å². The number of rotatable bonds is 3. The van der Waals surface area contributed by atoms with Gasteiger partial charge >= 0.3 is 7.12 Å². The minimum absolute atomic E-state index is 0.0441. The van der Waals surface area contributed by atoms with Crippen molar-refractivity contribution >= 4 is 18.5 Å². The smallest absolute Gasteiger partial charge is 0.399 e. The summed E-state index contributed by atoms with van der Waals surface area (Å²) in [5.41, 5.74) is 0.0673. The van der Waals surface area contributed by atoms with Gasteiger partial charge in [0.15, 0.2) is 0 Å². The molecule has 1 aliphatic heterocycles. The molecule has 4 nitrogen and oxygen atoms in total. The van der Waals surface area contributed by atoms with Crippen LogP contribution in [0.3, 0.4) is 0 Å². The van der Waals surface area contributed by atoms with Crippen LogP contribution in [-0.4, -0.2) is 43.2 Å². The zero-order chi connectivity index (χ0) is 16.7. The highest BCUT2D eigenvalue weighted by Gasteiger charge is 2.51. The van der Waals surface area contributed by atoms with E-state index in [2.05, 4.69) is 0 Å². The fourth-order valence-electron chi connectivity index (χ4n) is 2.15. The zero-order valence-electron chi connectivity index (χ0n) is 14.1. The Hall–Kier alpha value is -1.40. The SMILES string of the molecule is CN(C)C(=O)Cc1ccc(B2OC(C)(C)C(C)(C)O2)cc1F. The molecule has 0 atom stereocenters. The van der Waals surface area contributed by atoms with Crippen LogP contribution in [0.2, 0.25) is 0 Å². The van der Waals surface area contributed by atoms with Gasteiger partial charge in [0.25, 0.3) is 0 Å². The quantitative estimate of drug-likeness (QED) is 0.799. The molecular weight excluding hydrogens is 284 g/mol. The fourth-order valence-corrected chi connectivity index (χ4v) is 2.15. The van der Waals surface area contributed by atoms with E-state index >= 15 is 0 Å². The van der Waals surface area contributed by atoms with Gasteiger partial charge < -0.3 is 14.2 Å². The van der Waals surface area contributed by atoms with E-state index in [4.69, 9.17) is 9.31 Å². The summed E-state index contributed by atoms with van der Waals surface area (Å²) >= 11 is 0. The lowest BCUT2D eigenvalue weighted by Gasteiger charge is -2.32. The van der Waals surface area contributed by atoms with Crippen molar-refractivity contribution in [3.63, 3.8) is 0 Å². The lowest BCUT2D eigenvalue weighted by molar-refractivity contribution is -0.128. The Kier molecular flexibility index (Phi) is 4.37. The summed E-state index contributed by atoms with van der Waals surface area (Å²) in [6.07, 6.45) is 0.0441. The molecule has 6 heteroatoms. The number of nitrogens with zero attached hydrogens (tertiary/aromatic N) is 1. The molecule has 1 aliphatic rings. The third-order valence-corrected chi connectivity index (χ3v) is 4.44. The summed E-state index contributed by atoms with van der Waals surface area (Å²) < 4.78 is 26.0. The van der Waals surface area contributed by atoms with Crippen molar-refractivity contribution in [1.82, 2.24) is 4.90 Å². The molecule has 1 saturated heterocycles. The van der Waals surface area contributed by atoms with Crippen LogP contribution in [0.1, 0.15) is 33.3 Å². The van der Waals surface area contributed by atoms with Crippen LogP contribution in [0.15, 0.2) is 18.2 Å². The average Bonchev–Trinajstić information content (AvgIpc) is 2.60. The molecule has 0 aliphatic carbocycles. The maximum atomic E-state index is 14.2.